The zero-order valence-corrected chi connectivity index (χ0v) is 13.1. The molecule has 1 aliphatic rings. The van der Waals surface area contributed by atoms with Crippen LogP contribution in [0.1, 0.15) is 23.0 Å². The average molecular weight is 326 g/mol. The van der Waals surface area contributed by atoms with E-state index in [1.165, 1.54) is 4.88 Å². The molecule has 0 spiro atoms. The van der Waals surface area contributed by atoms with Crippen LogP contribution in [0.5, 0.6) is 0 Å². The minimum atomic E-state index is -0.0244. The highest BCUT2D eigenvalue weighted by Crippen LogP contribution is 2.29. The maximum Gasteiger partial charge on any atom is 0.276 e. The molecule has 3 aromatic rings. The summed E-state index contributed by atoms with van der Waals surface area (Å²) in [5.74, 6) is 1.08. The van der Waals surface area contributed by atoms with Gasteiger partial charge in [0.05, 0.1) is 6.54 Å². The van der Waals surface area contributed by atoms with E-state index < -0.39 is 0 Å². The van der Waals surface area contributed by atoms with Crippen LogP contribution in [-0.4, -0.2) is 32.5 Å². The minimum absolute atomic E-state index is 0.0244. The predicted octanol–water partition coefficient (Wildman–Crippen LogP) is 2.71. The molecule has 1 saturated heterocycles. The molecule has 0 bridgehead atoms. The zero-order valence-electron chi connectivity index (χ0n) is 12.3. The number of aromatic nitrogens is 3. The van der Waals surface area contributed by atoms with Gasteiger partial charge in [-0.2, -0.15) is 4.98 Å². The molecule has 0 saturated carbocycles. The second kappa shape index (κ2) is 5.92. The molecule has 1 aliphatic heterocycles. The number of thiophene rings is 1. The molecule has 0 unspecified atom stereocenters. The number of amides is 1. The maximum absolute atomic E-state index is 12.2. The molecule has 1 amide bonds. The molecule has 1 fully saturated rings. The van der Waals surface area contributed by atoms with Crippen molar-refractivity contribution in [2.75, 3.05) is 6.54 Å². The number of carbonyl (C=O) groups excluding carboxylic acids is 1. The van der Waals surface area contributed by atoms with Crippen molar-refractivity contribution < 1.29 is 9.32 Å². The molecule has 0 aliphatic carbocycles. The predicted molar refractivity (Wildman–Crippen MR) is 84.6 cm³/mol. The van der Waals surface area contributed by atoms with Gasteiger partial charge in [-0.1, -0.05) is 17.3 Å². The quantitative estimate of drug-likeness (QED) is 0.737. The van der Waals surface area contributed by atoms with E-state index in [0.29, 0.717) is 36.9 Å². The van der Waals surface area contributed by atoms with Gasteiger partial charge in [0, 0.05) is 30.0 Å². The molecular formula is C16H14N4O2S. The highest BCUT2D eigenvalue weighted by molar-refractivity contribution is 7.09. The van der Waals surface area contributed by atoms with E-state index in [-0.39, 0.29) is 11.8 Å². The molecule has 0 radical (unpaired) electrons. The molecule has 0 N–H and O–H groups in total. The number of hydrogen-bond acceptors (Lipinski definition) is 6. The molecule has 4 rings (SSSR count). The van der Waals surface area contributed by atoms with Crippen LogP contribution in [-0.2, 0) is 11.3 Å². The number of hydrogen-bond donors (Lipinski definition) is 0. The van der Waals surface area contributed by atoms with Crippen molar-refractivity contribution in [1.29, 1.82) is 0 Å². The fourth-order valence-electron chi connectivity index (χ4n) is 2.68. The summed E-state index contributed by atoms with van der Waals surface area (Å²) >= 11 is 1.66. The number of carbonyl (C=O) groups is 1. The highest BCUT2D eigenvalue weighted by Gasteiger charge is 2.33. The fourth-order valence-corrected chi connectivity index (χ4v) is 3.40. The van der Waals surface area contributed by atoms with E-state index in [1.807, 2.05) is 40.6 Å². The van der Waals surface area contributed by atoms with Crippen molar-refractivity contribution in [3.8, 4) is 11.6 Å². The van der Waals surface area contributed by atoms with Gasteiger partial charge in [-0.15, -0.1) is 11.3 Å². The minimum Gasteiger partial charge on any atom is -0.337 e. The lowest BCUT2D eigenvalue weighted by Crippen LogP contribution is -2.23. The number of nitrogens with zero attached hydrogens (tertiary/aromatic N) is 4. The molecule has 6 nitrogen and oxygen atoms in total. The van der Waals surface area contributed by atoms with Crippen LogP contribution in [0.4, 0.5) is 0 Å². The van der Waals surface area contributed by atoms with Crippen LogP contribution in [0.25, 0.3) is 11.6 Å². The average Bonchev–Trinajstić information content (AvgIpc) is 3.31. The van der Waals surface area contributed by atoms with E-state index in [2.05, 4.69) is 15.1 Å². The normalized spacial score (nSPS) is 17.8. The lowest BCUT2D eigenvalue weighted by atomic mass is 10.1. The number of rotatable bonds is 4. The van der Waals surface area contributed by atoms with Crippen LogP contribution in [0.15, 0.2) is 46.4 Å². The van der Waals surface area contributed by atoms with Crippen LogP contribution >= 0.6 is 11.3 Å². The van der Waals surface area contributed by atoms with Gasteiger partial charge in [0.1, 0.15) is 5.69 Å². The van der Waals surface area contributed by atoms with Crippen LogP contribution in [0, 0.1) is 0 Å². The smallest absolute Gasteiger partial charge is 0.276 e. The largest absolute Gasteiger partial charge is 0.337 e. The van der Waals surface area contributed by atoms with Gasteiger partial charge in [0.25, 0.3) is 5.89 Å². The summed E-state index contributed by atoms with van der Waals surface area (Å²) in [4.78, 5) is 23.8. The maximum atomic E-state index is 12.2. The highest BCUT2D eigenvalue weighted by atomic mass is 32.1. The summed E-state index contributed by atoms with van der Waals surface area (Å²) in [5.41, 5.74) is 0.644. The Balaban J connectivity index is 1.49. The first kappa shape index (κ1) is 14.1. The van der Waals surface area contributed by atoms with Gasteiger partial charge in [-0.25, -0.2) is 0 Å². The summed E-state index contributed by atoms with van der Waals surface area (Å²) in [6.07, 6.45) is 2.10. The third kappa shape index (κ3) is 2.87. The van der Waals surface area contributed by atoms with Gasteiger partial charge in [0.2, 0.25) is 5.91 Å². The van der Waals surface area contributed by atoms with Crippen molar-refractivity contribution in [2.24, 2.45) is 0 Å². The SMILES string of the molecule is O=C1C[C@H](c2noc(-c3ccccn3)n2)CN1Cc1cccs1. The summed E-state index contributed by atoms with van der Waals surface area (Å²) in [7, 11) is 0. The molecule has 116 valence electrons. The lowest BCUT2D eigenvalue weighted by Gasteiger charge is -2.14. The van der Waals surface area contributed by atoms with E-state index in [4.69, 9.17) is 4.52 Å². The fraction of sp³-hybridized carbons (Fsp3) is 0.250. The Labute approximate surface area is 136 Å². The summed E-state index contributed by atoms with van der Waals surface area (Å²) < 4.78 is 5.29. The van der Waals surface area contributed by atoms with Crippen LogP contribution in [0.3, 0.4) is 0 Å². The second-order valence-corrected chi connectivity index (χ2v) is 6.46. The monoisotopic (exact) mass is 326 g/mol. The Morgan fingerprint density at radius 1 is 1.30 bits per heavy atom. The third-order valence-corrected chi connectivity index (χ3v) is 4.69. The molecular weight excluding hydrogens is 312 g/mol. The Morgan fingerprint density at radius 2 is 2.26 bits per heavy atom. The summed E-state index contributed by atoms with van der Waals surface area (Å²) in [6.45, 7) is 1.27. The van der Waals surface area contributed by atoms with Crippen LogP contribution in [0.2, 0.25) is 0 Å². The van der Waals surface area contributed by atoms with Crippen molar-refractivity contribution >= 4 is 17.2 Å². The molecule has 1 atom stereocenters. The van der Waals surface area contributed by atoms with E-state index in [9.17, 15) is 4.79 Å². The Morgan fingerprint density at radius 3 is 3.04 bits per heavy atom. The van der Waals surface area contributed by atoms with Crippen molar-refractivity contribution in [1.82, 2.24) is 20.0 Å². The molecule has 7 heteroatoms. The Hall–Kier alpha value is -2.54. The first-order valence-electron chi connectivity index (χ1n) is 7.35. The van der Waals surface area contributed by atoms with Gasteiger partial charge in [-0.05, 0) is 23.6 Å². The first-order chi connectivity index (χ1) is 11.3. The van der Waals surface area contributed by atoms with Crippen molar-refractivity contribution in [2.45, 2.75) is 18.9 Å². The lowest BCUT2D eigenvalue weighted by molar-refractivity contribution is -0.128. The Kier molecular flexibility index (Phi) is 3.63. The van der Waals surface area contributed by atoms with Crippen molar-refractivity contribution in [3.63, 3.8) is 0 Å². The summed E-state index contributed by atoms with van der Waals surface area (Å²) in [6, 6.07) is 9.56. The Bertz CT molecular complexity index is 801. The number of pyridine rings is 1. The number of likely N-dealkylation sites (tertiary alicyclic amines) is 1. The standard InChI is InChI=1S/C16H14N4O2S/c21-14-8-11(9-20(14)10-12-4-3-7-23-12)15-18-16(22-19-15)13-5-1-2-6-17-13/h1-7,11H,8-10H2/t11-/m0/s1. The van der Waals surface area contributed by atoms with E-state index >= 15 is 0 Å². The molecule has 3 aromatic heterocycles. The molecule has 0 aromatic carbocycles. The third-order valence-electron chi connectivity index (χ3n) is 3.83. The van der Waals surface area contributed by atoms with E-state index in [1.54, 1.807) is 17.5 Å². The molecule has 4 heterocycles. The van der Waals surface area contributed by atoms with Gasteiger partial charge < -0.3 is 9.42 Å². The molecule has 23 heavy (non-hydrogen) atoms. The second-order valence-electron chi connectivity index (χ2n) is 5.43. The topological polar surface area (TPSA) is 72.1 Å². The zero-order chi connectivity index (χ0) is 15.6. The van der Waals surface area contributed by atoms with Gasteiger partial charge in [-0.3, -0.25) is 9.78 Å². The first-order valence-corrected chi connectivity index (χ1v) is 8.23. The van der Waals surface area contributed by atoms with E-state index in [0.717, 1.165) is 0 Å². The van der Waals surface area contributed by atoms with Gasteiger partial charge >= 0.3 is 0 Å². The summed E-state index contributed by atoms with van der Waals surface area (Å²) in [5, 5.41) is 6.06. The van der Waals surface area contributed by atoms with Crippen LogP contribution < -0.4 is 0 Å². The van der Waals surface area contributed by atoms with Gasteiger partial charge in [0.15, 0.2) is 5.82 Å². The van der Waals surface area contributed by atoms with Crippen molar-refractivity contribution in [3.05, 3.63) is 52.6 Å².